The van der Waals surface area contributed by atoms with Gasteiger partial charge in [0.1, 0.15) is 18.1 Å². The Morgan fingerprint density at radius 1 is 1.00 bits per heavy atom. The third kappa shape index (κ3) is 9.63. The second-order valence-electron chi connectivity index (χ2n) is 5.98. The molecule has 1 rings (SSSR count). The molecule has 5 heteroatoms. The van der Waals surface area contributed by atoms with Gasteiger partial charge in [0.15, 0.2) is 0 Å². The number of ether oxygens (including phenoxy) is 3. The third-order valence-electron chi connectivity index (χ3n) is 2.76. The van der Waals surface area contributed by atoms with E-state index >= 15 is 0 Å². The first-order valence-electron chi connectivity index (χ1n) is 7.48. The maximum absolute atomic E-state index is 5.70. The second-order valence-corrected chi connectivity index (χ2v) is 5.98. The van der Waals surface area contributed by atoms with E-state index in [1.54, 1.807) is 7.11 Å². The molecule has 0 fully saturated rings. The van der Waals surface area contributed by atoms with Crippen molar-refractivity contribution < 1.29 is 18.6 Å². The van der Waals surface area contributed by atoms with Gasteiger partial charge in [-0.2, -0.15) is 0 Å². The fourth-order valence-electron chi connectivity index (χ4n) is 1.63. The lowest BCUT2D eigenvalue weighted by Gasteiger charge is -2.19. The highest BCUT2D eigenvalue weighted by molar-refractivity contribution is 5.06. The van der Waals surface area contributed by atoms with E-state index in [1.807, 2.05) is 12.1 Å². The number of furan rings is 1. The molecule has 0 aliphatic heterocycles. The van der Waals surface area contributed by atoms with E-state index in [1.165, 1.54) is 0 Å². The van der Waals surface area contributed by atoms with Gasteiger partial charge >= 0.3 is 0 Å². The minimum atomic E-state index is 0.0896. The average molecular weight is 299 g/mol. The molecule has 0 aromatic carbocycles. The zero-order valence-corrected chi connectivity index (χ0v) is 13.7. The van der Waals surface area contributed by atoms with Crippen molar-refractivity contribution >= 4 is 0 Å². The first-order valence-corrected chi connectivity index (χ1v) is 7.48. The average Bonchev–Trinajstić information content (AvgIpc) is 2.87. The Labute approximate surface area is 127 Å². The molecule has 1 aromatic rings. The molecule has 0 aliphatic carbocycles. The predicted molar refractivity (Wildman–Crippen MR) is 82.3 cm³/mol. The minimum absolute atomic E-state index is 0.0896. The van der Waals surface area contributed by atoms with E-state index in [0.29, 0.717) is 33.0 Å². The van der Waals surface area contributed by atoms with E-state index in [2.05, 4.69) is 26.1 Å². The number of nitrogens with one attached hydrogen (secondary N) is 1. The van der Waals surface area contributed by atoms with Gasteiger partial charge in [0.05, 0.1) is 19.8 Å². The van der Waals surface area contributed by atoms with Crippen LogP contribution in [-0.4, -0.2) is 39.1 Å². The molecule has 0 saturated carbocycles. The summed E-state index contributed by atoms with van der Waals surface area (Å²) in [5.41, 5.74) is 0.0896. The van der Waals surface area contributed by atoms with Crippen LogP contribution in [0.3, 0.4) is 0 Å². The molecule has 5 nitrogen and oxygen atoms in total. The van der Waals surface area contributed by atoms with Crippen LogP contribution in [0.5, 0.6) is 0 Å². The van der Waals surface area contributed by atoms with E-state index in [0.717, 1.165) is 24.5 Å². The highest BCUT2D eigenvalue weighted by atomic mass is 16.5. The molecular formula is C16H29NO4. The molecule has 1 N–H and O–H groups in total. The Morgan fingerprint density at radius 3 is 2.43 bits per heavy atom. The number of rotatable bonds is 11. The molecule has 0 saturated heterocycles. The summed E-state index contributed by atoms with van der Waals surface area (Å²) in [6.07, 6.45) is 0.878. The molecular weight excluding hydrogens is 270 g/mol. The maximum atomic E-state index is 5.70. The summed E-state index contributed by atoms with van der Waals surface area (Å²) in [5.74, 6) is 1.80. The third-order valence-corrected chi connectivity index (χ3v) is 2.76. The summed E-state index contributed by atoms with van der Waals surface area (Å²) >= 11 is 0. The monoisotopic (exact) mass is 299 g/mol. The summed E-state index contributed by atoms with van der Waals surface area (Å²) < 4.78 is 21.5. The lowest BCUT2D eigenvalue weighted by molar-refractivity contribution is 0.0451. The van der Waals surface area contributed by atoms with Crippen LogP contribution >= 0.6 is 0 Å². The molecule has 21 heavy (non-hydrogen) atoms. The van der Waals surface area contributed by atoms with Crippen LogP contribution in [0.2, 0.25) is 0 Å². The zero-order chi connectivity index (χ0) is 15.6. The van der Waals surface area contributed by atoms with Crippen molar-refractivity contribution in [3.63, 3.8) is 0 Å². The lowest BCUT2D eigenvalue weighted by atomic mass is 10.1. The van der Waals surface area contributed by atoms with Crippen molar-refractivity contribution in [2.24, 2.45) is 0 Å². The molecule has 0 radical (unpaired) electrons. The van der Waals surface area contributed by atoms with Crippen molar-refractivity contribution in [1.82, 2.24) is 5.32 Å². The Balaban J connectivity index is 2.06. The number of hydrogen-bond donors (Lipinski definition) is 1. The summed E-state index contributed by atoms with van der Waals surface area (Å²) in [6, 6.07) is 3.96. The van der Waals surface area contributed by atoms with Crippen LogP contribution in [0, 0.1) is 0 Å². The van der Waals surface area contributed by atoms with Gasteiger partial charge in [0.25, 0.3) is 0 Å². The molecule has 0 bridgehead atoms. The summed E-state index contributed by atoms with van der Waals surface area (Å²) in [7, 11) is 1.67. The van der Waals surface area contributed by atoms with Gasteiger partial charge in [-0.15, -0.1) is 0 Å². The van der Waals surface area contributed by atoms with Crippen LogP contribution in [-0.2, 0) is 27.4 Å². The van der Waals surface area contributed by atoms with Crippen molar-refractivity contribution in [2.75, 3.05) is 33.5 Å². The van der Waals surface area contributed by atoms with Gasteiger partial charge in [-0.05, 0) is 39.3 Å². The number of methoxy groups -OCH3 is 1. The summed E-state index contributed by atoms with van der Waals surface area (Å²) in [5, 5.41) is 3.39. The molecule has 122 valence electrons. The fourth-order valence-corrected chi connectivity index (χ4v) is 1.63. The fraction of sp³-hybridized carbons (Fsp3) is 0.750. The van der Waals surface area contributed by atoms with Gasteiger partial charge in [0, 0.05) is 25.9 Å². The summed E-state index contributed by atoms with van der Waals surface area (Å²) in [6.45, 7) is 10.3. The van der Waals surface area contributed by atoms with Gasteiger partial charge in [0.2, 0.25) is 0 Å². The van der Waals surface area contributed by atoms with E-state index < -0.39 is 0 Å². The van der Waals surface area contributed by atoms with Crippen molar-refractivity contribution in [1.29, 1.82) is 0 Å². The van der Waals surface area contributed by atoms with Gasteiger partial charge in [-0.1, -0.05) is 0 Å². The quantitative estimate of drug-likeness (QED) is 0.637. The SMILES string of the molecule is COCCOCCCOCc1ccc(CNC(C)(C)C)o1. The molecule has 1 heterocycles. The summed E-state index contributed by atoms with van der Waals surface area (Å²) in [4.78, 5) is 0. The first-order chi connectivity index (χ1) is 10.0. The lowest BCUT2D eigenvalue weighted by Crippen LogP contribution is -2.34. The van der Waals surface area contributed by atoms with E-state index in [9.17, 15) is 0 Å². The standard InChI is InChI=1S/C16H29NO4/c1-16(2,3)17-12-14-6-7-15(21-14)13-20-9-5-8-19-11-10-18-4/h6-7,17H,5,8-13H2,1-4H3. The topological polar surface area (TPSA) is 52.9 Å². The Bertz CT molecular complexity index is 371. The van der Waals surface area contributed by atoms with E-state index in [4.69, 9.17) is 18.6 Å². The molecule has 0 unspecified atom stereocenters. The smallest absolute Gasteiger partial charge is 0.129 e. The van der Waals surface area contributed by atoms with Gasteiger partial charge < -0.3 is 23.9 Å². The first kappa shape index (κ1) is 18.2. The Hall–Kier alpha value is -0.880. The highest BCUT2D eigenvalue weighted by Gasteiger charge is 2.10. The predicted octanol–water partition coefficient (Wildman–Crippen LogP) is 2.74. The van der Waals surface area contributed by atoms with E-state index in [-0.39, 0.29) is 5.54 Å². The minimum Gasteiger partial charge on any atom is -0.462 e. The van der Waals surface area contributed by atoms with Crippen LogP contribution < -0.4 is 5.32 Å². The second kappa shape index (κ2) is 9.95. The molecule has 1 aromatic heterocycles. The zero-order valence-electron chi connectivity index (χ0n) is 13.7. The van der Waals surface area contributed by atoms with Gasteiger partial charge in [-0.25, -0.2) is 0 Å². The largest absolute Gasteiger partial charge is 0.462 e. The van der Waals surface area contributed by atoms with Crippen LogP contribution in [0.15, 0.2) is 16.5 Å². The number of hydrogen-bond acceptors (Lipinski definition) is 5. The van der Waals surface area contributed by atoms with Crippen LogP contribution in [0.4, 0.5) is 0 Å². The van der Waals surface area contributed by atoms with Crippen LogP contribution in [0.1, 0.15) is 38.7 Å². The van der Waals surface area contributed by atoms with Crippen LogP contribution in [0.25, 0.3) is 0 Å². The van der Waals surface area contributed by atoms with Crippen molar-refractivity contribution in [3.05, 3.63) is 23.7 Å². The highest BCUT2D eigenvalue weighted by Crippen LogP contribution is 2.10. The van der Waals surface area contributed by atoms with Crippen molar-refractivity contribution in [3.8, 4) is 0 Å². The Morgan fingerprint density at radius 2 is 1.71 bits per heavy atom. The molecule has 0 atom stereocenters. The molecule has 0 aliphatic rings. The normalized spacial score (nSPS) is 12.0. The Kier molecular flexibility index (Phi) is 8.61. The molecule has 0 amide bonds. The molecule has 0 spiro atoms. The van der Waals surface area contributed by atoms with Gasteiger partial charge in [-0.3, -0.25) is 0 Å². The van der Waals surface area contributed by atoms with Crippen molar-refractivity contribution in [2.45, 2.75) is 45.9 Å². The maximum Gasteiger partial charge on any atom is 0.129 e.